The third-order valence-corrected chi connectivity index (χ3v) is 8.27. The molecular weight excluding hydrogens is 442 g/mol. The van der Waals surface area contributed by atoms with E-state index in [9.17, 15) is 19.2 Å². The van der Waals surface area contributed by atoms with Gasteiger partial charge in [0.05, 0.1) is 11.8 Å². The van der Waals surface area contributed by atoms with Gasteiger partial charge in [-0.05, 0) is 42.6 Å². The summed E-state index contributed by atoms with van der Waals surface area (Å²) in [6.07, 6.45) is 4.41. The van der Waals surface area contributed by atoms with E-state index in [-0.39, 0.29) is 35.9 Å². The number of ether oxygens (including phenoxy) is 1. The van der Waals surface area contributed by atoms with Gasteiger partial charge in [0.15, 0.2) is 6.10 Å². The molecule has 4 aliphatic carbocycles. The molecule has 5 aliphatic rings. The molecule has 1 saturated heterocycles. The zero-order valence-corrected chi connectivity index (χ0v) is 19.4. The molecule has 3 fully saturated rings. The van der Waals surface area contributed by atoms with E-state index >= 15 is 0 Å². The summed E-state index contributed by atoms with van der Waals surface area (Å²) in [6.45, 7) is 1.53. The van der Waals surface area contributed by atoms with Crippen molar-refractivity contribution in [3.05, 3.63) is 83.9 Å². The van der Waals surface area contributed by atoms with Gasteiger partial charge in [0, 0.05) is 12.0 Å². The van der Waals surface area contributed by atoms with Crippen LogP contribution in [0, 0.1) is 35.5 Å². The van der Waals surface area contributed by atoms with Crippen LogP contribution in [-0.2, 0) is 25.5 Å². The molecule has 0 N–H and O–H groups in total. The number of likely N-dealkylation sites (tertiary alicyclic amines) is 1. The van der Waals surface area contributed by atoms with Gasteiger partial charge in [0.25, 0.3) is 0 Å². The molecule has 2 aromatic carbocycles. The third kappa shape index (κ3) is 3.54. The maximum Gasteiger partial charge on any atom is 0.330 e. The Bertz CT molecular complexity index is 1190. The fraction of sp³-hybridized carbons (Fsp3) is 0.379. The predicted molar refractivity (Wildman–Crippen MR) is 127 cm³/mol. The molecule has 6 nitrogen and oxygen atoms in total. The first-order chi connectivity index (χ1) is 17.0. The van der Waals surface area contributed by atoms with Gasteiger partial charge in [-0.25, -0.2) is 4.79 Å². The van der Waals surface area contributed by atoms with E-state index in [4.69, 9.17) is 4.74 Å². The monoisotopic (exact) mass is 469 g/mol. The number of hydrogen-bond acceptors (Lipinski definition) is 5. The summed E-state index contributed by atoms with van der Waals surface area (Å²) in [5.74, 6) is -1.28. The van der Waals surface area contributed by atoms with E-state index in [0.717, 1.165) is 12.0 Å². The van der Waals surface area contributed by atoms with Crippen molar-refractivity contribution < 1.29 is 23.9 Å². The lowest BCUT2D eigenvalue weighted by atomic mass is 9.63. The molecule has 1 heterocycles. The summed E-state index contributed by atoms with van der Waals surface area (Å²) in [4.78, 5) is 54.8. The Balaban J connectivity index is 1.28. The number of nitrogens with zero attached hydrogens (tertiary/aromatic N) is 1. The number of rotatable bonds is 7. The Hall–Kier alpha value is -3.54. The predicted octanol–water partition coefficient (Wildman–Crippen LogP) is 3.47. The number of hydrogen-bond donors (Lipinski definition) is 0. The Morgan fingerprint density at radius 1 is 0.886 bits per heavy atom. The van der Waals surface area contributed by atoms with Gasteiger partial charge >= 0.3 is 5.97 Å². The standard InChI is InChI=1S/C29H27NO5/c1-16(26(31)18-10-6-3-7-11-18)35-29(34)23(14-17-8-4-2-5-9-17)30-27(32)24-19-12-13-20(22-15-21(19)22)25(24)28(30)33/h2-13,16,19-25H,14-15H2,1H3/t16-,19-,20-,21-,22-,23+,24-,25+/m1/s1. The Morgan fingerprint density at radius 2 is 1.43 bits per heavy atom. The average molecular weight is 470 g/mol. The minimum Gasteiger partial charge on any atom is -0.453 e. The minimum atomic E-state index is -1.11. The zero-order valence-electron chi connectivity index (χ0n) is 19.4. The lowest BCUT2D eigenvalue weighted by Crippen LogP contribution is -2.49. The number of ketones is 1. The molecule has 0 spiro atoms. The molecule has 8 atom stereocenters. The number of carbonyl (C=O) groups is 4. The number of amides is 2. The maximum absolute atomic E-state index is 13.7. The highest BCUT2D eigenvalue weighted by atomic mass is 16.5. The number of allylic oxidation sites excluding steroid dienone is 2. The van der Waals surface area contributed by atoms with Crippen LogP contribution < -0.4 is 0 Å². The summed E-state index contributed by atoms with van der Waals surface area (Å²) >= 11 is 0. The van der Waals surface area contributed by atoms with Crippen molar-refractivity contribution >= 4 is 23.6 Å². The van der Waals surface area contributed by atoms with Gasteiger partial charge in [0.1, 0.15) is 6.04 Å². The first-order valence-electron chi connectivity index (χ1n) is 12.3. The van der Waals surface area contributed by atoms with E-state index in [1.165, 1.54) is 11.8 Å². The smallest absolute Gasteiger partial charge is 0.330 e. The van der Waals surface area contributed by atoms with Gasteiger partial charge in [-0.1, -0.05) is 72.8 Å². The summed E-state index contributed by atoms with van der Waals surface area (Å²) in [7, 11) is 0. The van der Waals surface area contributed by atoms with Gasteiger partial charge in [0.2, 0.25) is 17.6 Å². The normalized spacial score (nSPS) is 31.5. The highest BCUT2D eigenvalue weighted by Crippen LogP contribution is 2.65. The van der Waals surface area contributed by atoms with E-state index in [1.807, 2.05) is 30.3 Å². The zero-order chi connectivity index (χ0) is 24.3. The SMILES string of the molecule is C[C@@H](OC(=O)[C@H](Cc1ccccc1)N1C(=O)[C@@H]2[C@@H]3C=C[C@H]([C@H]4C[C@H]34)[C@@H]2C1=O)C(=O)c1ccccc1. The Labute approximate surface area is 203 Å². The fourth-order valence-electron chi connectivity index (χ4n) is 6.55. The fourth-order valence-corrected chi connectivity index (χ4v) is 6.55. The van der Waals surface area contributed by atoms with Crippen LogP contribution in [0.5, 0.6) is 0 Å². The molecule has 2 saturated carbocycles. The van der Waals surface area contributed by atoms with E-state index < -0.39 is 30.0 Å². The molecule has 2 aromatic rings. The first kappa shape index (κ1) is 22.0. The molecule has 2 amide bonds. The van der Waals surface area contributed by atoms with Crippen LogP contribution in [0.3, 0.4) is 0 Å². The first-order valence-corrected chi connectivity index (χ1v) is 12.3. The number of Topliss-reactive ketones (excluding diaryl/α,β-unsaturated/α-hetero) is 1. The molecular formula is C29H27NO5. The number of benzene rings is 2. The van der Waals surface area contributed by atoms with E-state index in [2.05, 4.69) is 12.2 Å². The summed E-state index contributed by atoms with van der Waals surface area (Å²) in [5, 5.41) is 0. The van der Waals surface area contributed by atoms with Crippen LogP contribution in [0.2, 0.25) is 0 Å². The van der Waals surface area contributed by atoms with Crippen molar-refractivity contribution in [2.75, 3.05) is 0 Å². The Morgan fingerprint density at radius 3 is 2.00 bits per heavy atom. The van der Waals surface area contributed by atoms with Gasteiger partial charge < -0.3 is 4.74 Å². The van der Waals surface area contributed by atoms with Crippen LogP contribution in [0.25, 0.3) is 0 Å². The minimum absolute atomic E-state index is 0.0726. The average Bonchev–Trinajstić information content (AvgIpc) is 3.67. The second-order valence-corrected chi connectivity index (χ2v) is 10.2. The third-order valence-electron chi connectivity index (χ3n) is 8.27. The van der Waals surface area contributed by atoms with E-state index in [1.54, 1.807) is 30.3 Å². The van der Waals surface area contributed by atoms with Crippen LogP contribution >= 0.6 is 0 Å². The van der Waals surface area contributed by atoms with Crippen LogP contribution in [-0.4, -0.2) is 40.6 Å². The lowest BCUT2D eigenvalue weighted by molar-refractivity contribution is -0.160. The number of imide groups is 1. The van der Waals surface area contributed by atoms with Gasteiger partial charge in [-0.3, -0.25) is 19.3 Å². The van der Waals surface area contributed by atoms with Gasteiger partial charge in [-0.2, -0.15) is 0 Å². The summed E-state index contributed by atoms with van der Waals surface area (Å²) in [6, 6.07) is 16.8. The maximum atomic E-state index is 13.7. The Kier molecular flexibility index (Phi) is 5.20. The summed E-state index contributed by atoms with van der Waals surface area (Å²) in [5.41, 5.74) is 1.25. The van der Waals surface area contributed by atoms with Crippen molar-refractivity contribution in [1.82, 2.24) is 4.90 Å². The molecule has 0 unspecified atom stereocenters. The summed E-state index contributed by atoms with van der Waals surface area (Å²) < 4.78 is 5.61. The van der Waals surface area contributed by atoms with Crippen LogP contribution in [0.15, 0.2) is 72.8 Å². The van der Waals surface area contributed by atoms with Crippen molar-refractivity contribution in [2.45, 2.75) is 31.9 Å². The van der Waals surface area contributed by atoms with Crippen molar-refractivity contribution in [1.29, 1.82) is 0 Å². The second kappa shape index (κ2) is 8.29. The molecule has 2 bridgehead atoms. The quantitative estimate of drug-likeness (QED) is 0.269. The molecule has 7 rings (SSSR count). The van der Waals surface area contributed by atoms with Crippen molar-refractivity contribution in [2.24, 2.45) is 35.5 Å². The highest BCUT2D eigenvalue weighted by Gasteiger charge is 2.68. The lowest BCUT2D eigenvalue weighted by Gasteiger charge is -2.37. The molecule has 0 aromatic heterocycles. The number of carbonyl (C=O) groups excluding carboxylic acids is 4. The van der Waals surface area contributed by atoms with E-state index in [0.29, 0.717) is 17.4 Å². The molecule has 6 heteroatoms. The van der Waals surface area contributed by atoms with Crippen LogP contribution in [0.4, 0.5) is 0 Å². The topological polar surface area (TPSA) is 80.8 Å². The number of esters is 1. The molecule has 178 valence electrons. The molecule has 1 aliphatic heterocycles. The highest BCUT2D eigenvalue weighted by molar-refractivity contribution is 6.09. The molecule has 35 heavy (non-hydrogen) atoms. The second-order valence-electron chi connectivity index (χ2n) is 10.2. The largest absolute Gasteiger partial charge is 0.453 e. The molecule has 0 radical (unpaired) electrons. The van der Waals surface area contributed by atoms with Gasteiger partial charge in [-0.15, -0.1) is 0 Å². The van der Waals surface area contributed by atoms with Crippen LogP contribution in [0.1, 0.15) is 29.3 Å². The van der Waals surface area contributed by atoms with Crippen molar-refractivity contribution in [3.8, 4) is 0 Å². The van der Waals surface area contributed by atoms with Crippen molar-refractivity contribution in [3.63, 3.8) is 0 Å².